The van der Waals surface area contributed by atoms with Gasteiger partial charge in [-0.15, -0.1) is 0 Å². The van der Waals surface area contributed by atoms with Crippen LogP contribution in [0.25, 0.3) is 11.3 Å². The maximum absolute atomic E-state index is 8.84. The molecule has 0 unspecified atom stereocenters. The Labute approximate surface area is 148 Å². The molecule has 0 amide bonds. The molecule has 128 valence electrons. The van der Waals surface area contributed by atoms with Crippen LogP contribution in [-0.4, -0.2) is 14.8 Å². The van der Waals surface area contributed by atoms with E-state index < -0.39 is 0 Å². The van der Waals surface area contributed by atoms with Crippen molar-refractivity contribution in [2.24, 2.45) is 11.3 Å². The lowest BCUT2D eigenvalue weighted by atomic mass is 9.49. The first-order valence-corrected chi connectivity index (χ1v) is 9.56. The van der Waals surface area contributed by atoms with Gasteiger partial charge in [0.2, 0.25) is 0 Å². The van der Waals surface area contributed by atoms with E-state index in [-0.39, 0.29) is 0 Å². The normalized spacial score (nSPS) is 30.6. The molecule has 1 spiro atoms. The number of aromatic nitrogens is 3. The molecule has 3 saturated carbocycles. The van der Waals surface area contributed by atoms with Crippen LogP contribution in [0.3, 0.4) is 0 Å². The average molecular weight is 332 g/mol. The molecule has 3 aliphatic carbocycles. The zero-order chi connectivity index (χ0) is 17.0. The summed E-state index contributed by atoms with van der Waals surface area (Å²) in [5, 5.41) is 13.8. The quantitative estimate of drug-likeness (QED) is 0.810. The highest BCUT2D eigenvalue weighted by molar-refractivity contribution is 5.62. The van der Waals surface area contributed by atoms with E-state index in [1.807, 2.05) is 0 Å². The fraction of sp³-hybridized carbons (Fsp3) is 0.571. The summed E-state index contributed by atoms with van der Waals surface area (Å²) in [6, 6.07) is 9.12. The molecule has 0 aliphatic heterocycles. The van der Waals surface area contributed by atoms with Crippen molar-refractivity contribution in [3.05, 3.63) is 35.8 Å². The van der Waals surface area contributed by atoms with Crippen molar-refractivity contribution in [1.29, 1.82) is 5.26 Å². The lowest BCUT2D eigenvalue weighted by Crippen LogP contribution is -2.48. The van der Waals surface area contributed by atoms with E-state index in [0.717, 1.165) is 17.8 Å². The fourth-order valence-electron chi connectivity index (χ4n) is 5.04. The number of nitriles is 1. The molecule has 0 atom stereocenters. The first-order chi connectivity index (χ1) is 12.2. The zero-order valence-electron chi connectivity index (χ0n) is 14.8. The predicted octanol–water partition coefficient (Wildman–Crippen LogP) is 4.78. The van der Waals surface area contributed by atoms with Crippen LogP contribution in [0, 0.1) is 29.6 Å². The minimum atomic E-state index is 0.527. The van der Waals surface area contributed by atoms with Gasteiger partial charge in [-0.2, -0.15) is 10.4 Å². The predicted molar refractivity (Wildman–Crippen MR) is 95.8 cm³/mol. The van der Waals surface area contributed by atoms with Crippen molar-refractivity contribution in [2.75, 3.05) is 0 Å². The highest BCUT2D eigenvalue weighted by atomic mass is 15.3. The third-order valence-electron chi connectivity index (χ3n) is 6.42. The van der Waals surface area contributed by atoms with Gasteiger partial charge in [-0.3, -0.25) is 9.67 Å². The third-order valence-corrected chi connectivity index (χ3v) is 6.42. The lowest BCUT2D eigenvalue weighted by molar-refractivity contribution is -0.0634. The maximum Gasteiger partial charge on any atom is 0.0749 e. The Hall–Kier alpha value is -2.15. The van der Waals surface area contributed by atoms with Crippen molar-refractivity contribution in [3.8, 4) is 17.3 Å². The zero-order valence-corrected chi connectivity index (χ0v) is 14.8. The Kier molecular flexibility index (Phi) is 3.28. The van der Waals surface area contributed by atoms with E-state index in [2.05, 4.69) is 42.1 Å². The molecule has 2 heterocycles. The first kappa shape index (κ1) is 15.1. The van der Waals surface area contributed by atoms with Gasteiger partial charge in [0.25, 0.3) is 0 Å². The van der Waals surface area contributed by atoms with Gasteiger partial charge in [0.1, 0.15) is 0 Å². The minimum Gasteiger partial charge on any atom is -0.269 e. The third kappa shape index (κ3) is 2.57. The number of rotatable bonds is 4. The van der Waals surface area contributed by atoms with Gasteiger partial charge in [0.05, 0.1) is 23.5 Å². The Morgan fingerprint density at radius 2 is 2.04 bits per heavy atom. The Balaban J connectivity index is 1.36. The monoisotopic (exact) mass is 332 g/mol. The number of hydrogen-bond donors (Lipinski definition) is 0. The van der Waals surface area contributed by atoms with Gasteiger partial charge < -0.3 is 0 Å². The summed E-state index contributed by atoms with van der Waals surface area (Å²) in [7, 11) is 0. The van der Waals surface area contributed by atoms with Crippen LogP contribution in [0.1, 0.15) is 68.3 Å². The first-order valence-electron chi connectivity index (χ1n) is 9.56. The van der Waals surface area contributed by atoms with Crippen molar-refractivity contribution < 1.29 is 0 Å². The van der Waals surface area contributed by atoms with Crippen LogP contribution in [0.2, 0.25) is 0 Å². The summed E-state index contributed by atoms with van der Waals surface area (Å²) in [4.78, 5) is 4.73. The van der Waals surface area contributed by atoms with Gasteiger partial charge in [0, 0.05) is 29.8 Å². The van der Waals surface area contributed by atoms with E-state index in [9.17, 15) is 0 Å². The van der Waals surface area contributed by atoms with Gasteiger partial charge in [-0.05, 0) is 68.9 Å². The summed E-state index contributed by atoms with van der Waals surface area (Å²) < 4.78 is 2.23. The van der Waals surface area contributed by atoms with Crippen molar-refractivity contribution >= 4 is 0 Å². The number of aryl methyl sites for hydroxylation is 1. The molecular weight excluding hydrogens is 308 g/mol. The number of nitrogens with zero attached hydrogens (tertiary/aromatic N) is 4. The molecule has 4 nitrogen and oxygen atoms in total. The molecule has 0 saturated heterocycles. The van der Waals surface area contributed by atoms with Crippen molar-refractivity contribution in [1.82, 2.24) is 14.8 Å². The fourth-order valence-corrected chi connectivity index (χ4v) is 5.04. The molecule has 5 rings (SSSR count). The average Bonchev–Trinajstić information content (AvgIpc) is 3.28. The molecule has 3 aliphatic rings. The van der Waals surface area contributed by atoms with Crippen LogP contribution in [0.15, 0.2) is 24.4 Å². The second-order valence-corrected chi connectivity index (χ2v) is 8.55. The molecule has 25 heavy (non-hydrogen) atoms. The van der Waals surface area contributed by atoms with Gasteiger partial charge in [0.15, 0.2) is 0 Å². The molecule has 2 aromatic rings. The van der Waals surface area contributed by atoms with E-state index in [4.69, 9.17) is 15.3 Å². The SMILES string of the molecule is Cc1cccc(-c2cn(C3CC4(CC(CC#N)C4)C3)nc2C2CC2)n1. The summed E-state index contributed by atoms with van der Waals surface area (Å²) in [6.07, 6.45) is 10.5. The van der Waals surface area contributed by atoms with E-state index in [1.165, 1.54) is 49.8 Å². The van der Waals surface area contributed by atoms with E-state index >= 15 is 0 Å². The summed E-state index contributed by atoms with van der Waals surface area (Å²) >= 11 is 0. The van der Waals surface area contributed by atoms with Gasteiger partial charge in [-0.25, -0.2) is 0 Å². The standard InChI is InChI=1S/C21H24N4/c1-14-3-2-4-19(23-14)18-13-25(24-20(18)16-5-6-16)17-11-21(12-17)9-15(10-21)7-8-22/h2-4,13,15-17H,5-7,9-12H2,1H3. The summed E-state index contributed by atoms with van der Waals surface area (Å²) in [6.45, 7) is 2.05. The molecule has 0 N–H and O–H groups in total. The summed E-state index contributed by atoms with van der Waals surface area (Å²) in [5.74, 6) is 1.29. The molecular formula is C21H24N4. The van der Waals surface area contributed by atoms with Crippen LogP contribution >= 0.6 is 0 Å². The van der Waals surface area contributed by atoms with Gasteiger partial charge >= 0.3 is 0 Å². The lowest BCUT2D eigenvalue weighted by Gasteiger charge is -2.57. The number of pyridine rings is 1. The second kappa shape index (κ2) is 5.42. The highest BCUT2D eigenvalue weighted by Gasteiger charge is 2.53. The Morgan fingerprint density at radius 1 is 1.24 bits per heavy atom. The molecule has 0 bridgehead atoms. The van der Waals surface area contributed by atoms with Crippen LogP contribution in [-0.2, 0) is 0 Å². The van der Waals surface area contributed by atoms with Crippen LogP contribution in [0.4, 0.5) is 0 Å². The second-order valence-electron chi connectivity index (χ2n) is 8.55. The molecule has 0 aromatic carbocycles. The minimum absolute atomic E-state index is 0.527. The van der Waals surface area contributed by atoms with E-state index in [0.29, 0.717) is 23.3 Å². The highest BCUT2D eigenvalue weighted by Crippen LogP contribution is 2.63. The molecule has 4 heteroatoms. The van der Waals surface area contributed by atoms with Crippen molar-refractivity contribution in [3.63, 3.8) is 0 Å². The van der Waals surface area contributed by atoms with Crippen molar-refractivity contribution in [2.45, 2.75) is 63.8 Å². The maximum atomic E-state index is 8.84. The van der Waals surface area contributed by atoms with E-state index in [1.54, 1.807) is 0 Å². The Morgan fingerprint density at radius 3 is 2.72 bits per heavy atom. The summed E-state index contributed by atoms with van der Waals surface area (Å²) in [5.41, 5.74) is 5.16. The van der Waals surface area contributed by atoms with Crippen LogP contribution in [0.5, 0.6) is 0 Å². The number of hydrogen-bond acceptors (Lipinski definition) is 3. The molecule has 0 radical (unpaired) electrons. The molecule has 3 fully saturated rings. The largest absolute Gasteiger partial charge is 0.269 e. The Bertz CT molecular complexity index is 841. The van der Waals surface area contributed by atoms with Gasteiger partial charge in [-0.1, -0.05) is 6.07 Å². The smallest absolute Gasteiger partial charge is 0.0749 e. The molecule has 2 aromatic heterocycles. The topological polar surface area (TPSA) is 54.5 Å². The van der Waals surface area contributed by atoms with Crippen LogP contribution < -0.4 is 0 Å².